The van der Waals surface area contributed by atoms with Gasteiger partial charge in [0.15, 0.2) is 0 Å². The van der Waals surface area contributed by atoms with Crippen LogP contribution in [0.25, 0.3) is 0 Å². The first-order valence-electron chi connectivity index (χ1n) is 8.88. The number of hydrogen-bond acceptors (Lipinski definition) is 3. The van der Waals surface area contributed by atoms with Crippen LogP contribution in [0.15, 0.2) is 35.7 Å². The number of carbonyl (C=O) groups excluding carboxylic acids is 2. The highest BCUT2D eigenvalue weighted by Gasteiger charge is 2.33. The first kappa shape index (κ1) is 18.6. The normalized spacial score (nSPS) is 16.3. The van der Waals surface area contributed by atoms with Crippen LogP contribution in [0.4, 0.5) is 4.39 Å². The van der Waals surface area contributed by atoms with Crippen molar-refractivity contribution in [3.63, 3.8) is 0 Å². The van der Waals surface area contributed by atoms with E-state index in [1.807, 2.05) is 23.3 Å². The minimum absolute atomic E-state index is 0.0696. The van der Waals surface area contributed by atoms with Crippen molar-refractivity contribution in [1.29, 1.82) is 0 Å². The van der Waals surface area contributed by atoms with Crippen LogP contribution in [-0.2, 0) is 16.0 Å². The van der Waals surface area contributed by atoms with Gasteiger partial charge in [0.05, 0.1) is 12.6 Å². The highest BCUT2D eigenvalue weighted by atomic mass is 32.1. The summed E-state index contributed by atoms with van der Waals surface area (Å²) in [7, 11) is 0. The first-order chi connectivity index (χ1) is 12.5. The number of halogens is 1. The highest BCUT2D eigenvalue weighted by Crippen LogP contribution is 2.37. The van der Waals surface area contributed by atoms with Crippen molar-refractivity contribution in [2.24, 2.45) is 0 Å². The zero-order valence-corrected chi connectivity index (χ0v) is 15.9. The Balaban J connectivity index is 1.90. The van der Waals surface area contributed by atoms with Gasteiger partial charge in [-0.2, -0.15) is 0 Å². The van der Waals surface area contributed by atoms with Crippen molar-refractivity contribution in [1.82, 2.24) is 9.80 Å². The zero-order chi connectivity index (χ0) is 18.7. The van der Waals surface area contributed by atoms with Crippen molar-refractivity contribution in [2.75, 3.05) is 19.6 Å². The summed E-state index contributed by atoms with van der Waals surface area (Å²) >= 11 is 1.69. The van der Waals surface area contributed by atoms with E-state index in [4.69, 9.17) is 0 Å². The maximum absolute atomic E-state index is 13.4. The lowest BCUT2D eigenvalue weighted by molar-refractivity contribution is -0.140. The lowest BCUT2D eigenvalue weighted by Crippen LogP contribution is -2.46. The van der Waals surface area contributed by atoms with Crippen LogP contribution in [0.1, 0.15) is 42.3 Å². The maximum atomic E-state index is 13.4. The fourth-order valence-corrected chi connectivity index (χ4v) is 4.37. The van der Waals surface area contributed by atoms with Gasteiger partial charge < -0.3 is 9.80 Å². The number of benzene rings is 1. The van der Waals surface area contributed by atoms with E-state index in [0.29, 0.717) is 13.1 Å². The molecule has 4 nitrogen and oxygen atoms in total. The minimum Gasteiger partial charge on any atom is -0.334 e. The van der Waals surface area contributed by atoms with Crippen molar-refractivity contribution < 1.29 is 14.0 Å². The van der Waals surface area contributed by atoms with Crippen LogP contribution in [0.5, 0.6) is 0 Å². The van der Waals surface area contributed by atoms with Gasteiger partial charge in [0.25, 0.3) is 0 Å². The van der Waals surface area contributed by atoms with E-state index in [9.17, 15) is 14.0 Å². The molecule has 1 aromatic carbocycles. The molecule has 0 aliphatic carbocycles. The summed E-state index contributed by atoms with van der Waals surface area (Å²) < 4.78 is 13.4. The Morgan fingerprint density at radius 2 is 2.00 bits per heavy atom. The Labute approximate surface area is 157 Å². The second-order valence-electron chi connectivity index (χ2n) is 6.53. The number of hydrogen-bond donors (Lipinski definition) is 0. The molecule has 1 aliphatic heterocycles. The molecule has 26 heavy (non-hydrogen) atoms. The molecular formula is C20H23FN2O2S. The molecule has 0 fully saturated rings. The maximum Gasteiger partial charge on any atom is 0.242 e. The number of carbonyl (C=O) groups is 2. The first-order valence-corrected chi connectivity index (χ1v) is 9.76. The molecule has 2 heterocycles. The lowest BCUT2D eigenvalue weighted by atomic mass is 9.93. The topological polar surface area (TPSA) is 40.6 Å². The van der Waals surface area contributed by atoms with Gasteiger partial charge in [0, 0.05) is 24.9 Å². The number of nitrogens with zero attached hydrogens (tertiary/aromatic N) is 2. The number of rotatable bonds is 5. The third-order valence-corrected chi connectivity index (χ3v) is 5.73. The van der Waals surface area contributed by atoms with Crippen molar-refractivity contribution in [3.05, 3.63) is 57.5 Å². The summed E-state index contributed by atoms with van der Waals surface area (Å²) in [5.74, 6) is -0.453. The average Bonchev–Trinajstić information content (AvgIpc) is 3.10. The third kappa shape index (κ3) is 3.80. The van der Waals surface area contributed by atoms with Crippen LogP contribution >= 0.6 is 11.3 Å². The zero-order valence-electron chi connectivity index (χ0n) is 15.1. The van der Waals surface area contributed by atoms with Gasteiger partial charge in [-0.15, -0.1) is 11.3 Å². The molecule has 2 aromatic rings. The Morgan fingerprint density at radius 1 is 1.27 bits per heavy atom. The smallest absolute Gasteiger partial charge is 0.242 e. The average molecular weight is 374 g/mol. The van der Waals surface area contributed by atoms with E-state index in [1.54, 1.807) is 28.4 Å². The molecule has 2 amide bonds. The van der Waals surface area contributed by atoms with E-state index >= 15 is 0 Å². The Kier molecular flexibility index (Phi) is 5.71. The molecule has 0 radical (unpaired) electrons. The van der Waals surface area contributed by atoms with Gasteiger partial charge in [-0.3, -0.25) is 9.59 Å². The monoisotopic (exact) mass is 374 g/mol. The molecule has 0 N–H and O–H groups in total. The van der Waals surface area contributed by atoms with Crippen molar-refractivity contribution in [2.45, 2.75) is 32.7 Å². The van der Waals surface area contributed by atoms with Crippen LogP contribution in [0.3, 0.4) is 0 Å². The van der Waals surface area contributed by atoms with E-state index < -0.39 is 0 Å². The minimum atomic E-state index is -0.293. The predicted molar refractivity (Wildman–Crippen MR) is 101 cm³/mol. The quantitative estimate of drug-likeness (QED) is 0.802. The molecule has 6 heteroatoms. The molecule has 1 unspecified atom stereocenters. The van der Waals surface area contributed by atoms with Crippen LogP contribution in [-0.4, -0.2) is 41.2 Å². The second kappa shape index (κ2) is 7.99. The number of amides is 2. The van der Waals surface area contributed by atoms with Crippen molar-refractivity contribution in [3.8, 4) is 0 Å². The molecule has 1 aliphatic rings. The third-order valence-electron chi connectivity index (χ3n) is 4.74. The SMILES string of the molecule is CCCN(CC(=O)N1CCc2sccc2C1c1ccc(F)cc1)C(C)=O. The summed E-state index contributed by atoms with van der Waals surface area (Å²) in [6.07, 6.45) is 1.62. The molecule has 0 saturated heterocycles. The summed E-state index contributed by atoms with van der Waals surface area (Å²) in [6.45, 7) is 4.74. The van der Waals surface area contributed by atoms with Crippen LogP contribution in [0, 0.1) is 5.82 Å². The van der Waals surface area contributed by atoms with Crippen LogP contribution < -0.4 is 0 Å². The molecular weight excluding hydrogens is 351 g/mol. The van der Waals surface area contributed by atoms with E-state index in [2.05, 4.69) is 0 Å². The Bertz CT molecular complexity index is 787. The molecule has 138 valence electrons. The highest BCUT2D eigenvalue weighted by molar-refractivity contribution is 7.10. The van der Waals surface area contributed by atoms with E-state index in [0.717, 1.165) is 24.0 Å². The van der Waals surface area contributed by atoms with Gasteiger partial charge in [0.2, 0.25) is 11.8 Å². The Morgan fingerprint density at radius 3 is 2.65 bits per heavy atom. The standard InChI is InChI=1S/C20H23FN2O2S/c1-3-10-22(14(2)24)13-19(25)23-11-8-18-17(9-12-26-18)20(23)15-4-6-16(21)7-5-15/h4-7,9,12,20H,3,8,10-11,13H2,1-2H3. The fourth-order valence-electron chi connectivity index (χ4n) is 3.46. The number of fused-ring (bicyclic) bond motifs is 1. The summed E-state index contributed by atoms with van der Waals surface area (Å²) in [5, 5.41) is 2.04. The van der Waals surface area contributed by atoms with Crippen molar-refractivity contribution >= 4 is 23.2 Å². The van der Waals surface area contributed by atoms with E-state index in [1.165, 1.54) is 23.9 Å². The van der Waals surface area contributed by atoms with Crippen LogP contribution in [0.2, 0.25) is 0 Å². The lowest BCUT2D eigenvalue weighted by Gasteiger charge is -2.37. The molecule has 3 rings (SSSR count). The van der Waals surface area contributed by atoms with Gasteiger partial charge in [0.1, 0.15) is 5.82 Å². The summed E-state index contributed by atoms with van der Waals surface area (Å²) in [6, 6.07) is 8.15. The molecule has 0 bridgehead atoms. The second-order valence-corrected chi connectivity index (χ2v) is 7.53. The molecule has 1 aromatic heterocycles. The van der Waals surface area contributed by atoms with E-state index in [-0.39, 0.29) is 30.2 Å². The fraction of sp³-hybridized carbons (Fsp3) is 0.400. The summed E-state index contributed by atoms with van der Waals surface area (Å²) in [4.78, 5) is 29.5. The molecule has 0 spiro atoms. The molecule has 0 saturated carbocycles. The van der Waals surface area contributed by atoms with Gasteiger partial charge in [-0.1, -0.05) is 19.1 Å². The van der Waals surface area contributed by atoms with Gasteiger partial charge >= 0.3 is 0 Å². The predicted octanol–water partition coefficient (Wildman–Crippen LogP) is 3.62. The van der Waals surface area contributed by atoms with Gasteiger partial charge in [-0.05, 0) is 47.5 Å². The summed E-state index contributed by atoms with van der Waals surface area (Å²) in [5.41, 5.74) is 2.00. The molecule has 1 atom stereocenters. The largest absolute Gasteiger partial charge is 0.334 e. The Hall–Kier alpha value is -2.21. The number of thiophene rings is 1. The van der Waals surface area contributed by atoms with Gasteiger partial charge in [-0.25, -0.2) is 4.39 Å².